The minimum atomic E-state index is -0.311. The number of benzene rings is 1. The summed E-state index contributed by atoms with van der Waals surface area (Å²) in [5, 5.41) is 6.44. The second-order valence-corrected chi connectivity index (χ2v) is 7.97. The summed E-state index contributed by atoms with van der Waals surface area (Å²) in [7, 11) is 3.46. The van der Waals surface area contributed by atoms with Crippen molar-refractivity contribution in [2.45, 2.75) is 13.0 Å². The topological polar surface area (TPSA) is 98.7 Å². The molecule has 1 aromatic carbocycles. The van der Waals surface area contributed by atoms with Gasteiger partial charge >= 0.3 is 6.09 Å². The highest BCUT2D eigenvalue weighted by Gasteiger charge is 2.23. The summed E-state index contributed by atoms with van der Waals surface area (Å²) >= 11 is 0. The highest BCUT2D eigenvalue weighted by Crippen LogP contribution is 2.19. The summed E-state index contributed by atoms with van der Waals surface area (Å²) in [6, 6.07) is 7.70. The number of ether oxygens (including phenoxy) is 2. The maximum Gasteiger partial charge on any atom is 0.414 e. The van der Waals surface area contributed by atoms with Crippen LogP contribution in [0.2, 0.25) is 0 Å². The molecule has 176 valence electrons. The molecule has 0 aromatic heterocycles. The van der Waals surface area contributed by atoms with Crippen molar-refractivity contribution in [3.63, 3.8) is 0 Å². The number of nitrogens with zero attached hydrogens (tertiary/aromatic N) is 4. The van der Waals surface area contributed by atoms with Crippen LogP contribution in [0.1, 0.15) is 12.0 Å². The number of hydrogen-bond donors (Lipinski definition) is 2. The standard InChI is InChI=1S/C22H34N6O4/c1-26(2)20(29)17-25-21(23-8-3-9-27-10-13-31-14-11-27)24-16-18-4-6-19(7-5-18)28-12-15-32-22(28)30/h4-7H,3,8-17H2,1-2H3,(H2,23,24,25). The zero-order valence-corrected chi connectivity index (χ0v) is 19.0. The SMILES string of the molecule is CN(C)C(=O)CNC(=NCc1ccc(N2CCOC2=O)cc1)NCCCN1CCOCC1. The number of carbonyl (C=O) groups is 2. The van der Waals surface area contributed by atoms with Crippen molar-refractivity contribution in [2.75, 3.05) is 78.1 Å². The van der Waals surface area contributed by atoms with E-state index in [9.17, 15) is 9.59 Å². The molecular weight excluding hydrogens is 412 g/mol. The Kier molecular flexibility index (Phi) is 9.12. The lowest BCUT2D eigenvalue weighted by Gasteiger charge is -2.26. The third-order valence-corrected chi connectivity index (χ3v) is 5.38. The van der Waals surface area contributed by atoms with Gasteiger partial charge in [-0.2, -0.15) is 0 Å². The largest absolute Gasteiger partial charge is 0.447 e. The zero-order valence-electron chi connectivity index (χ0n) is 19.0. The molecule has 32 heavy (non-hydrogen) atoms. The molecule has 0 aliphatic carbocycles. The molecule has 0 unspecified atom stereocenters. The van der Waals surface area contributed by atoms with Crippen LogP contribution in [0.25, 0.3) is 0 Å². The lowest BCUT2D eigenvalue weighted by molar-refractivity contribution is -0.127. The van der Waals surface area contributed by atoms with E-state index in [-0.39, 0.29) is 18.5 Å². The van der Waals surface area contributed by atoms with Gasteiger partial charge in [0.1, 0.15) is 6.61 Å². The van der Waals surface area contributed by atoms with Crippen molar-refractivity contribution in [1.29, 1.82) is 0 Å². The molecule has 2 saturated heterocycles. The molecule has 0 saturated carbocycles. The van der Waals surface area contributed by atoms with E-state index in [1.54, 1.807) is 23.9 Å². The monoisotopic (exact) mass is 446 g/mol. The maximum atomic E-state index is 12.0. The normalized spacial score (nSPS) is 17.2. The highest BCUT2D eigenvalue weighted by atomic mass is 16.6. The Morgan fingerprint density at radius 2 is 1.84 bits per heavy atom. The van der Waals surface area contributed by atoms with E-state index >= 15 is 0 Å². The van der Waals surface area contributed by atoms with Crippen LogP contribution in [0, 0.1) is 0 Å². The summed E-state index contributed by atoms with van der Waals surface area (Å²) < 4.78 is 10.4. The van der Waals surface area contributed by atoms with E-state index in [1.165, 1.54) is 0 Å². The van der Waals surface area contributed by atoms with Crippen LogP contribution in [0.5, 0.6) is 0 Å². The third kappa shape index (κ3) is 7.38. The molecule has 2 heterocycles. The summed E-state index contributed by atoms with van der Waals surface area (Å²) in [6.07, 6.45) is 0.664. The minimum Gasteiger partial charge on any atom is -0.447 e. The molecular formula is C22H34N6O4. The Bertz CT molecular complexity index is 777. The van der Waals surface area contributed by atoms with Gasteiger partial charge < -0.3 is 25.0 Å². The molecule has 0 radical (unpaired) electrons. The van der Waals surface area contributed by atoms with Gasteiger partial charge in [-0.15, -0.1) is 0 Å². The number of anilines is 1. The van der Waals surface area contributed by atoms with Gasteiger partial charge in [0.25, 0.3) is 0 Å². The molecule has 0 atom stereocenters. The summed E-state index contributed by atoms with van der Waals surface area (Å²) in [5.41, 5.74) is 1.83. The molecule has 2 aliphatic heterocycles. The van der Waals surface area contributed by atoms with Gasteiger partial charge in [-0.25, -0.2) is 9.79 Å². The van der Waals surface area contributed by atoms with Gasteiger partial charge in [-0.05, 0) is 30.7 Å². The Morgan fingerprint density at radius 1 is 1.09 bits per heavy atom. The summed E-state index contributed by atoms with van der Waals surface area (Å²) in [6.45, 7) is 6.93. The predicted octanol–water partition coefficient (Wildman–Crippen LogP) is 0.489. The highest BCUT2D eigenvalue weighted by molar-refractivity contribution is 5.89. The average Bonchev–Trinajstić information content (AvgIpc) is 3.24. The van der Waals surface area contributed by atoms with Crippen LogP contribution in [-0.2, 0) is 20.8 Å². The number of amides is 2. The van der Waals surface area contributed by atoms with E-state index in [0.717, 1.165) is 57.1 Å². The second-order valence-electron chi connectivity index (χ2n) is 7.97. The van der Waals surface area contributed by atoms with E-state index < -0.39 is 0 Å². The Balaban J connectivity index is 1.52. The fourth-order valence-corrected chi connectivity index (χ4v) is 3.41. The Labute approximate surface area is 189 Å². The van der Waals surface area contributed by atoms with Gasteiger partial charge in [0.2, 0.25) is 5.91 Å². The number of nitrogens with one attached hydrogen (secondary N) is 2. The summed E-state index contributed by atoms with van der Waals surface area (Å²) in [5.74, 6) is 0.587. The van der Waals surface area contributed by atoms with Crippen molar-refractivity contribution >= 4 is 23.6 Å². The van der Waals surface area contributed by atoms with Crippen molar-refractivity contribution in [2.24, 2.45) is 4.99 Å². The van der Waals surface area contributed by atoms with Gasteiger partial charge in [-0.1, -0.05) is 12.1 Å². The van der Waals surface area contributed by atoms with Gasteiger partial charge in [0.15, 0.2) is 5.96 Å². The van der Waals surface area contributed by atoms with Crippen molar-refractivity contribution < 1.29 is 19.1 Å². The zero-order chi connectivity index (χ0) is 22.8. The molecule has 3 rings (SSSR count). The molecule has 2 fully saturated rings. The van der Waals surface area contributed by atoms with Gasteiger partial charge in [0, 0.05) is 39.4 Å². The number of carbonyl (C=O) groups excluding carboxylic acids is 2. The molecule has 0 bridgehead atoms. The number of cyclic esters (lactones) is 1. The van der Waals surface area contributed by atoms with Crippen LogP contribution in [-0.4, -0.2) is 101 Å². The number of hydrogen-bond acceptors (Lipinski definition) is 6. The van der Waals surface area contributed by atoms with E-state index in [1.807, 2.05) is 24.3 Å². The first kappa shape index (κ1) is 23.8. The first-order valence-electron chi connectivity index (χ1n) is 11.1. The third-order valence-electron chi connectivity index (χ3n) is 5.38. The van der Waals surface area contributed by atoms with Crippen LogP contribution >= 0.6 is 0 Å². The van der Waals surface area contributed by atoms with Crippen LogP contribution in [0.15, 0.2) is 29.3 Å². The predicted molar refractivity (Wildman–Crippen MR) is 123 cm³/mol. The maximum absolute atomic E-state index is 12.0. The molecule has 0 spiro atoms. The van der Waals surface area contributed by atoms with Crippen molar-refractivity contribution in [3.05, 3.63) is 29.8 Å². The van der Waals surface area contributed by atoms with Crippen LogP contribution in [0.3, 0.4) is 0 Å². The number of aliphatic imine (C=N–C) groups is 1. The minimum absolute atomic E-state index is 0.0188. The number of guanidine groups is 1. The first-order chi connectivity index (χ1) is 15.5. The molecule has 1 aromatic rings. The van der Waals surface area contributed by atoms with E-state index in [0.29, 0.717) is 25.7 Å². The molecule has 10 heteroatoms. The van der Waals surface area contributed by atoms with E-state index in [2.05, 4.69) is 20.5 Å². The Morgan fingerprint density at radius 3 is 2.50 bits per heavy atom. The van der Waals surface area contributed by atoms with Crippen LogP contribution < -0.4 is 15.5 Å². The number of morpholine rings is 1. The molecule has 10 nitrogen and oxygen atoms in total. The average molecular weight is 447 g/mol. The summed E-state index contributed by atoms with van der Waals surface area (Å²) in [4.78, 5) is 33.9. The lowest BCUT2D eigenvalue weighted by Crippen LogP contribution is -2.44. The molecule has 2 amide bonds. The molecule has 2 N–H and O–H groups in total. The Hall–Kier alpha value is -2.85. The van der Waals surface area contributed by atoms with Crippen molar-refractivity contribution in [1.82, 2.24) is 20.4 Å². The first-order valence-corrected chi connectivity index (χ1v) is 11.1. The van der Waals surface area contributed by atoms with Gasteiger partial charge in [-0.3, -0.25) is 14.6 Å². The number of rotatable bonds is 9. The molecule has 2 aliphatic rings. The van der Waals surface area contributed by atoms with Gasteiger partial charge in [0.05, 0.1) is 32.8 Å². The van der Waals surface area contributed by atoms with E-state index in [4.69, 9.17) is 9.47 Å². The lowest BCUT2D eigenvalue weighted by atomic mass is 10.2. The quantitative estimate of drug-likeness (QED) is 0.324. The fraction of sp³-hybridized carbons (Fsp3) is 0.591. The smallest absolute Gasteiger partial charge is 0.414 e. The fourth-order valence-electron chi connectivity index (χ4n) is 3.41. The number of likely N-dealkylation sites (N-methyl/N-ethyl adjacent to an activating group) is 1. The van der Waals surface area contributed by atoms with Crippen molar-refractivity contribution in [3.8, 4) is 0 Å². The van der Waals surface area contributed by atoms with Crippen LogP contribution in [0.4, 0.5) is 10.5 Å². The second kappa shape index (κ2) is 12.3.